The van der Waals surface area contributed by atoms with Gasteiger partial charge in [-0.05, 0) is 82.3 Å². The molecule has 0 aromatic carbocycles. The quantitative estimate of drug-likeness (QED) is 0.722. The Balaban J connectivity index is 1.32. The van der Waals surface area contributed by atoms with Gasteiger partial charge in [0, 0.05) is 32.3 Å². The summed E-state index contributed by atoms with van der Waals surface area (Å²) in [6, 6.07) is 0.749. The molecule has 3 fully saturated rings. The summed E-state index contributed by atoms with van der Waals surface area (Å²) in [5.41, 5.74) is 0.685. The van der Waals surface area contributed by atoms with Crippen LogP contribution in [0.2, 0.25) is 0 Å². The van der Waals surface area contributed by atoms with Crippen LogP contribution in [-0.4, -0.2) is 61.9 Å². The number of nitrogens with one attached hydrogen (secondary N) is 2. The lowest BCUT2D eigenvalue weighted by Gasteiger charge is -2.43. The minimum Gasteiger partial charge on any atom is -0.396 e. The van der Waals surface area contributed by atoms with Crippen molar-refractivity contribution in [3.63, 3.8) is 0 Å². The molecule has 1 spiro atoms. The predicted molar refractivity (Wildman–Crippen MR) is 91.0 cm³/mol. The lowest BCUT2D eigenvalue weighted by atomic mass is 9.67. The second-order valence-corrected chi connectivity index (χ2v) is 7.97. The van der Waals surface area contributed by atoms with E-state index >= 15 is 0 Å². The van der Waals surface area contributed by atoms with Gasteiger partial charge >= 0.3 is 0 Å². The Kier molecular flexibility index (Phi) is 6.14. The molecule has 128 valence electrons. The number of piperidine rings is 2. The van der Waals surface area contributed by atoms with Crippen LogP contribution < -0.4 is 10.6 Å². The van der Waals surface area contributed by atoms with Gasteiger partial charge in [0.1, 0.15) is 0 Å². The topological polar surface area (TPSA) is 47.5 Å². The molecule has 3 N–H and O–H groups in total. The van der Waals surface area contributed by atoms with Gasteiger partial charge in [0.25, 0.3) is 0 Å². The number of hydrogen-bond acceptors (Lipinski definition) is 4. The summed E-state index contributed by atoms with van der Waals surface area (Å²) in [4.78, 5) is 2.54. The highest BCUT2D eigenvalue weighted by atomic mass is 16.3. The second-order valence-electron chi connectivity index (χ2n) is 7.97. The maximum absolute atomic E-state index is 9.31. The standard InChI is InChI=1S/C18H35N3O/c22-15-16-2-1-12-21(14-16)13-11-20-17-3-5-18(6-4-17)7-9-19-10-8-18/h16-17,19-20,22H,1-15H2/t16-/m1/s1. The molecule has 0 radical (unpaired) electrons. The van der Waals surface area contributed by atoms with E-state index in [2.05, 4.69) is 15.5 Å². The third-order valence-electron chi connectivity index (χ3n) is 6.43. The predicted octanol–water partition coefficient (Wildman–Crippen LogP) is 1.59. The molecule has 0 unspecified atom stereocenters. The summed E-state index contributed by atoms with van der Waals surface area (Å²) >= 11 is 0. The van der Waals surface area contributed by atoms with E-state index in [1.807, 2.05) is 0 Å². The molecule has 4 nitrogen and oxygen atoms in total. The van der Waals surface area contributed by atoms with Crippen LogP contribution in [0.15, 0.2) is 0 Å². The van der Waals surface area contributed by atoms with Gasteiger partial charge in [-0.2, -0.15) is 0 Å². The third kappa shape index (κ3) is 4.44. The van der Waals surface area contributed by atoms with E-state index in [1.54, 1.807) is 0 Å². The fourth-order valence-corrected chi connectivity index (χ4v) is 4.82. The van der Waals surface area contributed by atoms with Gasteiger partial charge in [0.2, 0.25) is 0 Å². The molecule has 1 atom stereocenters. The molecule has 2 heterocycles. The maximum Gasteiger partial charge on any atom is 0.0471 e. The molecule has 1 aliphatic carbocycles. The van der Waals surface area contributed by atoms with E-state index in [1.165, 1.54) is 71.0 Å². The van der Waals surface area contributed by atoms with Gasteiger partial charge in [-0.1, -0.05) is 0 Å². The van der Waals surface area contributed by atoms with Crippen molar-refractivity contribution in [3.05, 3.63) is 0 Å². The fourth-order valence-electron chi connectivity index (χ4n) is 4.82. The SMILES string of the molecule is OC[C@@H]1CCCN(CCNC2CCC3(CCNCC3)CC2)C1. The first-order valence-corrected chi connectivity index (χ1v) is 9.57. The van der Waals surface area contributed by atoms with Gasteiger partial charge < -0.3 is 20.6 Å². The Morgan fingerprint density at radius 2 is 1.86 bits per heavy atom. The summed E-state index contributed by atoms with van der Waals surface area (Å²) in [5, 5.41) is 16.6. The van der Waals surface area contributed by atoms with Gasteiger partial charge in [-0.25, -0.2) is 0 Å². The molecular formula is C18H35N3O. The molecule has 2 saturated heterocycles. The van der Waals surface area contributed by atoms with E-state index in [9.17, 15) is 5.11 Å². The first-order chi connectivity index (χ1) is 10.8. The van der Waals surface area contributed by atoms with Crippen molar-refractivity contribution in [2.45, 2.75) is 57.4 Å². The summed E-state index contributed by atoms with van der Waals surface area (Å²) < 4.78 is 0. The molecule has 2 aliphatic heterocycles. The van der Waals surface area contributed by atoms with Crippen LogP contribution in [0.1, 0.15) is 51.4 Å². The third-order valence-corrected chi connectivity index (χ3v) is 6.43. The zero-order chi connectivity index (χ0) is 15.3. The Labute approximate surface area is 136 Å². The number of rotatable bonds is 5. The molecule has 3 aliphatic rings. The van der Waals surface area contributed by atoms with Crippen LogP contribution in [0, 0.1) is 11.3 Å². The summed E-state index contributed by atoms with van der Waals surface area (Å²) in [7, 11) is 0. The highest BCUT2D eigenvalue weighted by molar-refractivity contribution is 4.91. The van der Waals surface area contributed by atoms with Crippen LogP contribution in [0.25, 0.3) is 0 Å². The van der Waals surface area contributed by atoms with Crippen LogP contribution in [0.5, 0.6) is 0 Å². The van der Waals surface area contributed by atoms with E-state index in [-0.39, 0.29) is 0 Å². The first-order valence-electron chi connectivity index (χ1n) is 9.57. The first kappa shape index (κ1) is 16.7. The molecule has 22 heavy (non-hydrogen) atoms. The second kappa shape index (κ2) is 8.09. The smallest absolute Gasteiger partial charge is 0.0471 e. The van der Waals surface area contributed by atoms with Gasteiger partial charge in [-0.3, -0.25) is 0 Å². The zero-order valence-corrected chi connectivity index (χ0v) is 14.2. The largest absolute Gasteiger partial charge is 0.396 e. The number of likely N-dealkylation sites (tertiary alicyclic amines) is 1. The highest BCUT2D eigenvalue weighted by Crippen LogP contribution is 2.43. The molecule has 1 saturated carbocycles. The van der Waals surface area contributed by atoms with Crippen molar-refractivity contribution in [1.82, 2.24) is 15.5 Å². The normalized spacial score (nSPS) is 30.7. The van der Waals surface area contributed by atoms with E-state index in [0.717, 1.165) is 25.7 Å². The van der Waals surface area contributed by atoms with Gasteiger partial charge in [0.05, 0.1) is 0 Å². The monoisotopic (exact) mass is 309 g/mol. The van der Waals surface area contributed by atoms with E-state index < -0.39 is 0 Å². The lowest BCUT2D eigenvalue weighted by Crippen LogP contribution is -2.45. The minimum atomic E-state index is 0.365. The van der Waals surface area contributed by atoms with Crippen molar-refractivity contribution in [1.29, 1.82) is 0 Å². The van der Waals surface area contributed by atoms with E-state index in [0.29, 0.717) is 17.9 Å². The fraction of sp³-hybridized carbons (Fsp3) is 1.00. The van der Waals surface area contributed by atoms with Crippen molar-refractivity contribution in [2.75, 3.05) is 45.9 Å². The van der Waals surface area contributed by atoms with Crippen LogP contribution in [-0.2, 0) is 0 Å². The molecular weight excluding hydrogens is 274 g/mol. The number of aliphatic hydroxyl groups is 1. The van der Waals surface area contributed by atoms with Crippen LogP contribution in [0.3, 0.4) is 0 Å². The summed E-state index contributed by atoms with van der Waals surface area (Å²) in [6.07, 6.45) is 10.9. The number of hydrogen-bond donors (Lipinski definition) is 3. The molecule has 0 amide bonds. The lowest BCUT2D eigenvalue weighted by molar-refractivity contribution is 0.107. The van der Waals surface area contributed by atoms with Gasteiger partial charge in [0.15, 0.2) is 0 Å². The Bertz CT molecular complexity index is 320. The van der Waals surface area contributed by atoms with E-state index in [4.69, 9.17) is 0 Å². The van der Waals surface area contributed by atoms with Crippen molar-refractivity contribution in [2.24, 2.45) is 11.3 Å². The minimum absolute atomic E-state index is 0.365. The Morgan fingerprint density at radius 3 is 2.59 bits per heavy atom. The molecule has 4 heteroatoms. The Morgan fingerprint density at radius 1 is 1.09 bits per heavy atom. The zero-order valence-electron chi connectivity index (χ0n) is 14.2. The molecule has 0 bridgehead atoms. The van der Waals surface area contributed by atoms with Crippen LogP contribution >= 0.6 is 0 Å². The van der Waals surface area contributed by atoms with Crippen molar-refractivity contribution < 1.29 is 5.11 Å². The summed E-state index contributed by atoms with van der Waals surface area (Å²) in [5.74, 6) is 0.517. The maximum atomic E-state index is 9.31. The Hall–Kier alpha value is -0.160. The van der Waals surface area contributed by atoms with Gasteiger partial charge in [-0.15, -0.1) is 0 Å². The number of aliphatic hydroxyl groups excluding tert-OH is 1. The summed E-state index contributed by atoms with van der Waals surface area (Å²) in [6.45, 7) is 7.43. The van der Waals surface area contributed by atoms with Crippen LogP contribution in [0.4, 0.5) is 0 Å². The van der Waals surface area contributed by atoms with Crippen molar-refractivity contribution >= 4 is 0 Å². The average molecular weight is 309 g/mol. The highest BCUT2D eigenvalue weighted by Gasteiger charge is 2.35. The van der Waals surface area contributed by atoms with Crippen molar-refractivity contribution in [3.8, 4) is 0 Å². The molecule has 0 aromatic rings. The number of nitrogens with zero attached hydrogens (tertiary/aromatic N) is 1. The molecule has 0 aromatic heterocycles. The molecule has 3 rings (SSSR count). The average Bonchev–Trinajstić information content (AvgIpc) is 2.58.